The Hall–Kier alpha value is -16.8. The molecule has 0 radical (unpaired) electrons. The molecule has 0 N–H and O–H groups in total. The van der Waals surface area contributed by atoms with Gasteiger partial charge in [-0.2, -0.15) is 0 Å². The second-order valence-electron chi connectivity index (χ2n) is 33.0. The summed E-state index contributed by atoms with van der Waals surface area (Å²) in [7, 11) is 0. The SMILES string of the molecule is c1cc(-c2ccc(N(c3ccc(-c4ccc(-n5c6ccccc6c6cc(-c7ccc(-c8cccc(-c9ccc(N(c%10ccc(-c%11ccc(-n%12c%13ccccc%13c%13ccccc%13%12)cc%11)cc%10)c%10ccc%11ccccc%11c%10)cc9)c8)c8c7oc7ccccc78)ccc65)cc4)cc3)c3cc4ccccc4c4ccccc34)cc2)cc(-c2cccc3oc4ccccc4c23)c1. The standard InChI is InChI=1S/C120H76N4O2/c1-2-21-86-74-97(68-54-77(86)20-1)121(91-56-42-78(43-57-91)80-46-64-95(65-47-80)123-110-36-12-7-30-104(110)105-31-8-13-37-111(105)123)92-58-50-82(51-59-92)85-24-18-26-88(73-85)100-69-70-101(120-119(100)108-34-11-16-40-116(108)126-120)90-55-71-113-109(75-90)106-32-9-14-38-112(106)124(113)96-66-48-81(49-67-96)79-44-60-93(61-45-79)122(114-76-89-22-3-4-27-98(89)102-28-5-6-29-103(102)114)94-62-52-83(53-63-94)84-23-17-25-87(72-84)99-35-19-41-117-118(99)107-33-10-15-39-115(107)125-117/h1-76H. The number of para-hydroxylation sites is 5. The van der Waals surface area contributed by atoms with Crippen molar-refractivity contribution in [1.29, 1.82) is 0 Å². The molecule has 126 heavy (non-hydrogen) atoms. The minimum Gasteiger partial charge on any atom is -0.456 e. The van der Waals surface area contributed by atoms with Crippen LogP contribution in [-0.4, -0.2) is 9.13 Å². The van der Waals surface area contributed by atoms with E-state index in [0.717, 1.165) is 178 Å². The lowest BCUT2D eigenvalue weighted by molar-refractivity contribution is 0.669. The van der Waals surface area contributed by atoms with E-state index in [9.17, 15) is 0 Å². The van der Waals surface area contributed by atoms with Gasteiger partial charge in [0, 0.05) is 93.9 Å². The van der Waals surface area contributed by atoms with Gasteiger partial charge in [0.25, 0.3) is 0 Å². The van der Waals surface area contributed by atoms with Gasteiger partial charge < -0.3 is 27.8 Å². The van der Waals surface area contributed by atoms with E-state index in [0.29, 0.717) is 0 Å². The number of hydrogen-bond acceptors (Lipinski definition) is 4. The molecule has 4 aromatic heterocycles. The maximum Gasteiger partial charge on any atom is 0.143 e. The Kier molecular flexibility index (Phi) is 16.9. The summed E-state index contributed by atoms with van der Waals surface area (Å²) in [5.41, 5.74) is 32.7. The molecule has 21 aromatic carbocycles. The van der Waals surface area contributed by atoms with E-state index < -0.39 is 0 Å². The third-order valence-corrected chi connectivity index (χ3v) is 25.9. The lowest BCUT2D eigenvalue weighted by atomic mass is 9.92. The van der Waals surface area contributed by atoms with Gasteiger partial charge in [0.15, 0.2) is 0 Å². The second-order valence-corrected chi connectivity index (χ2v) is 33.0. The molecule has 0 saturated heterocycles. The number of fused-ring (bicyclic) bond motifs is 16. The average Bonchev–Trinajstić information content (AvgIpc) is 1.48. The van der Waals surface area contributed by atoms with E-state index >= 15 is 0 Å². The zero-order valence-electron chi connectivity index (χ0n) is 68.5. The summed E-state index contributed by atoms with van der Waals surface area (Å²) in [4.78, 5) is 4.79. The number of aromatic nitrogens is 2. The summed E-state index contributed by atoms with van der Waals surface area (Å²) in [6.45, 7) is 0. The average molecular weight is 1610 g/mol. The van der Waals surface area contributed by atoms with Gasteiger partial charge >= 0.3 is 0 Å². The maximum atomic E-state index is 7.06. The van der Waals surface area contributed by atoms with E-state index in [1.807, 2.05) is 12.1 Å². The van der Waals surface area contributed by atoms with Gasteiger partial charge in [-0.05, 0) is 257 Å². The number of nitrogens with zero attached hydrogens (tertiary/aromatic N) is 4. The van der Waals surface area contributed by atoms with Crippen molar-refractivity contribution in [3.63, 3.8) is 0 Å². The Morgan fingerprint density at radius 3 is 1.11 bits per heavy atom. The van der Waals surface area contributed by atoms with Crippen LogP contribution in [0.1, 0.15) is 0 Å². The van der Waals surface area contributed by atoms with E-state index in [1.165, 1.54) is 64.9 Å². The molecule has 0 atom stereocenters. The van der Waals surface area contributed by atoms with Gasteiger partial charge in [0.2, 0.25) is 0 Å². The maximum absolute atomic E-state index is 7.06. The quantitative estimate of drug-likeness (QED) is 0.0960. The van der Waals surface area contributed by atoms with E-state index in [-0.39, 0.29) is 0 Å². The smallest absolute Gasteiger partial charge is 0.143 e. The fourth-order valence-corrected chi connectivity index (χ4v) is 19.9. The van der Waals surface area contributed by atoms with E-state index in [1.54, 1.807) is 0 Å². The van der Waals surface area contributed by atoms with Gasteiger partial charge in [-0.15, -0.1) is 0 Å². The molecule has 25 aromatic rings. The topological polar surface area (TPSA) is 42.6 Å². The second kappa shape index (κ2) is 29.5. The zero-order chi connectivity index (χ0) is 82.9. The van der Waals surface area contributed by atoms with Crippen molar-refractivity contribution in [3.8, 4) is 89.3 Å². The molecule has 0 unspecified atom stereocenters. The van der Waals surface area contributed by atoms with Crippen LogP contribution in [0.4, 0.5) is 34.1 Å². The number of anilines is 6. The van der Waals surface area contributed by atoms with Crippen LogP contribution >= 0.6 is 0 Å². The molecule has 588 valence electrons. The largest absolute Gasteiger partial charge is 0.456 e. The first kappa shape index (κ1) is 72.1. The zero-order valence-corrected chi connectivity index (χ0v) is 68.5. The first-order chi connectivity index (χ1) is 62.4. The first-order valence-electron chi connectivity index (χ1n) is 43.1. The highest BCUT2D eigenvalue weighted by Gasteiger charge is 2.25. The van der Waals surface area contributed by atoms with Gasteiger partial charge in [0.05, 0.1) is 27.8 Å². The predicted molar refractivity (Wildman–Crippen MR) is 530 cm³/mol. The fourth-order valence-electron chi connectivity index (χ4n) is 19.9. The van der Waals surface area contributed by atoms with E-state index in [4.69, 9.17) is 8.83 Å². The Morgan fingerprint density at radius 1 is 0.175 bits per heavy atom. The van der Waals surface area contributed by atoms with Crippen LogP contribution < -0.4 is 9.80 Å². The Morgan fingerprint density at radius 2 is 0.548 bits per heavy atom. The van der Waals surface area contributed by atoms with E-state index in [2.05, 4.69) is 468 Å². The molecule has 4 heterocycles. The molecule has 6 nitrogen and oxygen atoms in total. The normalized spacial score (nSPS) is 11.8. The van der Waals surface area contributed by atoms with Gasteiger partial charge in [-0.25, -0.2) is 0 Å². The molecule has 0 aliphatic carbocycles. The summed E-state index contributed by atoms with van der Waals surface area (Å²) in [5.74, 6) is 0. The van der Waals surface area contributed by atoms with Crippen LogP contribution in [0, 0.1) is 0 Å². The van der Waals surface area contributed by atoms with Crippen molar-refractivity contribution in [1.82, 2.24) is 9.13 Å². The lowest BCUT2D eigenvalue weighted by Crippen LogP contribution is -2.10. The first-order valence-corrected chi connectivity index (χ1v) is 43.1. The highest BCUT2D eigenvalue weighted by atomic mass is 16.3. The molecule has 0 aliphatic heterocycles. The molecule has 0 amide bonds. The summed E-state index contributed by atoms with van der Waals surface area (Å²) in [6, 6.07) is 168. The minimum absolute atomic E-state index is 0.854. The van der Waals surface area contributed by atoms with Crippen molar-refractivity contribution in [2.45, 2.75) is 0 Å². The van der Waals surface area contributed by atoms with Crippen molar-refractivity contribution in [3.05, 3.63) is 461 Å². The Balaban J connectivity index is 0.509. The fraction of sp³-hybridized carbons (Fsp3) is 0. The number of benzene rings is 21. The molecule has 0 aliphatic rings. The van der Waals surface area contributed by atoms with Crippen molar-refractivity contribution < 1.29 is 8.83 Å². The van der Waals surface area contributed by atoms with Crippen LogP contribution in [0.5, 0.6) is 0 Å². The van der Waals surface area contributed by atoms with Crippen LogP contribution in [0.15, 0.2) is 470 Å². The van der Waals surface area contributed by atoms with Crippen molar-refractivity contribution in [2.75, 3.05) is 9.80 Å². The summed E-state index contributed by atoms with van der Waals surface area (Å²) in [5, 5.41) is 16.5. The molecular weight excluding hydrogens is 1530 g/mol. The number of rotatable bonds is 15. The molecule has 0 spiro atoms. The number of furan rings is 2. The molecule has 6 heteroatoms. The highest BCUT2D eigenvalue weighted by molar-refractivity contribution is 6.19. The lowest BCUT2D eigenvalue weighted by Gasteiger charge is -2.28. The molecule has 0 bridgehead atoms. The number of hydrogen-bond donors (Lipinski definition) is 0. The van der Waals surface area contributed by atoms with Gasteiger partial charge in [0.1, 0.15) is 22.3 Å². The summed E-state index contributed by atoms with van der Waals surface area (Å²) >= 11 is 0. The Labute approximate surface area is 727 Å². The van der Waals surface area contributed by atoms with Crippen LogP contribution in [0.2, 0.25) is 0 Å². The Bertz CT molecular complexity index is 8570. The van der Waals surface area contributed by atoms with Crippen molar-refractivity contribution >= 4 is 154 Å². The molecule has 0 saturated carbocycles. The minimum atomic E-state index is 0.854. The summed E-state index contributed by atoms with van der Waals surface area (Å²) in [6.07, 6.45) is 0. The van der Waals surface area contributed by atoms with Gasteiger partial charge in [-0.3, -0.25) is 0 Å². The third kappa shape index (κ3) is 12.1. The predicted octanol–water partition coefficient (Wildman–Crippen LogP) is 33.7. The van der Waals surface area contributed by atoms with Crippen LogP contribution in [0.25, 0.3) is 209 Å². The van der Waals surface area contributed by atoms with Crippen LogP contribution in [0.3, 0.4) is 0 Å². The molecule has 0 fully saturated rings. The summed E-state index contributed by atoms with van der Waals surface area (Å²) < 4.78 is 18.2. The third-order valence-electron chi connectivity index (χ3n) is 25.9. The van der Waals surface area contributed by atoms with Crippen LogP contribution in [-0.2, 0) is 0 Å². The van der Waals surface area contributed by atoms with Gasteiger partial charge in [-0.1, -0.05) is 303 Å². The monoisotopic (exact) mass is 1600 g/mol. The highest BCUT2D eigenvalue weighted by Crippen LogP contribution is 2.49. The van der Waals surface area contributed by atoms with Crippen molar-refractivity contribution in [2.24, 2.45) is 0 Å². The molecular formula is C120H76N4O2. The molecule has 25 rings (SSSR count).